The number of benzene rings is 2. The zero-order valence-corrected chi connectivity index (χ0v) is 17.2. The molecule has 1 aromatic heterocycles. The van der Waals surface area contributed by atoms with E-state index in [9.17, 15) is 9.59 Å². The number of hydrogen-bond acceptors (Lipinski definition) is 6. The van der Waals surface area contributed by atoms with Crippen molar-refractivity contribution < 1.29 is 19.1 Å². The molecule has 3 aromatic rings. The zero-order valence-electron chi connectivity index (χ0n) is 16.4. The first kappa shape index (κ1) is 20.1. The topological polar surface area (TPSA) is 105 Å². The number of carbonyl (C=O) groups is 2. The van der Waals surface area contributed by atoms with Crippen molar-refractivity contribution in [2.75, 3.05) is 23.9 Å². The van der Waals surface area contributed by atoms with Gasteiger partial charge in [-0.15, -0.1) is 0 Å². The maximum absolute atomic E-state index is 12.8. The van der Waals surface area contributed by atoms with E-state index in [2.05, 4.69) is 20.6 Å². The number of amides is 2. The minimum Gasteiger partial charge on any atom is -0.485 e. The molecule has 1 aliphatic rings. The molecule has 0 bridgehead atoms. The van der Waals surface area contributed by atoms with Crippen LogP contribution < -0.4 is 20.1 Å². The molecule has 2 aromatic carbocycles. The number of para-hydroxylation sites is 4. The quantitative estimate of drug-likeness (QED) is 0.536. The van der Waals surface area contributed by atoms with Crippen LogP contribution in [0, 0.1) is 0 Å². The summed E-state index contributed by atoms with van der Waals surface area (Å²) in [4.78, 5) is 33.0. The number of ether oxygens (including phenoxy) is 2. The number of thioether (sulfide) groups is 1. The number of imidazole rings is 1. The Hall–Kier alpha value is -3.20. The second-order valence-electron chi connectivity index (χ2n) is 6.80. The molecule has 2 amide bonds. The summed E-state index contributed by atoms with van der Waals surface area (Å²) in [5.74, 6) is 1.43. The maximum Gasteiger partial charge on any atom is 0.265 e. The number of aromatic amines is 1. The molecule has 0 aliphatic carbocycles. The summed E-state index contributed by atoms with van der Waals surface area (Å²) < 4.78 is 11.3. The Balaban J connectivity index is 1.42. The SMILES string of the molecule is CSCC[C@@H](NC(=O)C1COc2ccccc2O1)C(=O)Nc1nc2ccccc2[nH]1. The molecule has 1 unspecified atom stereocenters. The van der Waals surface area contributed by atoms with Crippen LogP contribution in [-0.4, -0.2) is 52.5 Å². The largest absolute Gasteiger partial charge is 0.485 e. The predicted octanol–water partition coefficient (Wildman–Crippen LogP) is 2.58. The highest BCUT2D eigenvalue weighted by Crippen LogP contribution is 2.30. The minimum atomic E-state index is -0.823. The van der Waals surface area contributed by atoms with Gasteiger partial charge >= 0.3 is 0 Å². The predicted molar refractivity (Wildman–Crippen MR) is 116 cm³/mol. The lowest BCUT2D eigenvalue weighted by Gasteiger charge is -2.27. The molecule has 1 aliphatic heterocycles. The highest BCUT2D eigenvalue weighted by molar-refractivity contribution is 7.98. The van der Waals surface area contributed by atoms with Crippen molar-refractivity contribution in [1.82, 2.24) is 15.3 Å². The number of anilines is 1. The van der Waals surface area contributed by atoms with Crippen LogP contribution in [0.25, 0.3) is 11.0 Å². The van der Waals surface area contributed by atoms with Crippen molar-refractivity contribution in [3.63, 3.8) is 0 Å². The van der Waals surface area contributed by atoms with Crippen LogP contribution in [0.15, 0.2) is 48.5 Å². The molecule has 4 rings (SSSR count). The fraction of sp³-hybridized carbons (Fsp3) is 0.286. The average molecular weight is 426 g/mol. The lowest BCUT2D eigenvalue weighted by atomic mass is 10.2. The molecule has 0 radical (unpaired) electrons. The third kappa shape index (κ3) is 4.51. The molecule has 8 nitrogen and oxygen atoms in total. The van der Waals surface area contributed by atoms with Crippen LogP contribution in [0.2, 0.25) is 0 Å². The Bertz CT molecular complexity index is 1020. The molecule has 30 heavy (non-hydrogen) atoms. The fourth-order valence-electron chi connectivity index (χ4n) is 3.13. The molecular weight excluding hydrogens is 404 g/mol. The Kier molecular flexibility index (Phi) is 6.08. The van der Waals surface area contributed by atoms with Gasteiger partial charge in [0.1, 0.15) is 12.6 Å². The Morgan fingerprint density at radius 2 is 1.97 bits per heavy atom. The van der Waals surface area contributed by atoms with Gasteiger partial charge in [0, 0.05) is 0 Å². The molecule has 156 valence electrons. The van der Waals surface area contributed by atoms with E-state index in [4.69, 9.17) is 9.47 Å². The number of H-pyrrole nitrogens is 1. The number of aromatic nitrogens is 2. The van der Waals surface area contributed by atoms with Crippen LogP contribution in [0.3, 0.4) is 0 Å². The van der Waals surface area contributed by atoms with Gasteiger partial charge in [-0.05, 0) is 42.7 Å². The number of carbonyl (C=O) groups excluding carboxylic acids is 2. The third-order valence-corrected chi connectivity index (χ3v) is 5.32. The summed E-state index contributed by atoms with van der Waals surface area (Å²) in [5, 5.41) is 5.56. The van der Waals surface area contributed by atoms with Gasteiger partial charge in [0.05, 0.1) is 11.0 Å². The van der Waals surface area contributed by atoms with Crippen molar-refractivity contribution in [3.8, 4) is 11.5 Å². The smallest absolute Gasteiger partial charge is 0.265 e. The number of nitrogens with one attached hydrogen (secondary N) is 3. The van der Waals surface area contributed by atoms with Crippen LogP contribution >= 0.6 is 11.8 Å². The fourth-order valence-corrected chi connectivity index (χ4v) is 3.61. The molecule has 0 saturated carbocycles. The lowest BCUT2D eigenvalue weighted by Crippen LogP contribution is -2.51. The maximum atomic E-state index is 12.8. The number of rotatable bonds is 7. The van der Waals surface area contributed by atoms with E-state index >= 15 is 0 Å². The van der Waals surface area contributed by atoms with Crippen molar-refractivity contribution in [3.05, 3.63) is 48.5 Å². The van der Waals surface area contributed by atoms with E-state index in [0.29, 0.717) is 29.6 Å². The molecular formula is C21H22N4O4S. The van der Waals surface area contributed by atoms with Gasteiger partial charge in [0.15, 0.2) is 11.5 Å². The molecule has 0 spiro atoms. The van der Waals surface area contributed by atoms with E-state index in [1.165, 1.54) is 0 Å². The molecule has 2 heterocycles. The summed E-state index contributed by atoms with van der Waals surface area (Å²) >= 11 is 1.60. The summed E-state index contributed by atoms with van der Waals surface area (Å²) in [6.45, 7) is 0.0866. The van der Waals surface area contributed by atoms with E-state index < -0.39 is 18.1 Å². The van der Waals surface area contributed by atoms with Crippen LogP contribution in [0.1, 0.15) is 6.42 Å². The van der Waals surface area contributed by atoms with E-state index in [1.807, 2.05) is 42.7 Å². The molecule has 3 N–H and O–H groups in total. The van der Waals surface area contributed by atoms with Gasteiger partial charge in [-0.3, -0.25) is 14.9 Å². The average Bonchev–Trinajstić information content (AvgIpc) is 3.18. The van der Waals surface area contributed by atoms with Crippen LogP contribution in [0.4, 0.5) is 5.95 Å². The normalized spacial score (nSPS) is 16.1. The number of nitrogens with zero attached hydrogens (tertiary/aromatic N) is 1. The lowest BCUT2D eigenvalue weighted by molar-refractivity contribution is -0.133. The Morgan fingerprint density at radius 3 is 2.77 bits per heavy atom. The van der Waals surface area contributed by atoms with Crippen molar-refractivity contribution in [2.45, 2.75) is 18.6 Å². The second-order valence-corrected chi connectivity index (χ2v) is 7.78. The van der Waals surface area contributed by atoms with Gasteiger partial charge in [0.25, 0.3) is 5.91 Å². The zero-order chi connectivity index (χ0) is 20.9. The highest BCUT2D eigenvalue weighted by atomic mass is 32.2. The van der Waals surface area contributed by atoms with Crippen molar-refractivity contribution >= 4 is 40.6 Å². The van der Waals surface area contributed by atoms with Gasteiger partial charge in [-0.2, -0.15) is 11.8 Å². The molecule has 9 heteroatoms. The van der Waals surface area contributed by atoms with Crippen molar-refractivity contribution in [2.24, 2.45) is 0 Å². The van der Waals surface area contributed by atoms with Gasteiger partial charge in [-0.25, -0.2) is 4.98 Å². The van der Waals surface area contributed by atoms with Gasteiger partial charge in [-0.1, -0.05) is 24.3 Å². The molecule has 0 fully saturated rings. The van der Waals surface area contributed by atoms with E-state index in [1.54, 1.807) is 23.9 Å². The minimum absolute atomic E-state index is 0.0866. The van der Waals surface area contributed by atoms with Gasteiger partial charge in [0.2, 0.25) is 18.0 Å². The summed E-state index contributed by atoms with van der Waals surface area (Å²) in [6.07, 6.45) is 1.60. The molecule has 2 atom stereocenters. The van der Waals surface area contributed by atoms with Gasteiger partial charge < -0.3 is 19.8 Å². The molecule has 0 saturated heterocycles. The first-order chi connectivity index (χ1) is 14.6. The monoisotopic (exact) mass is 426 g/mol. The third-order valence-electron chi connectivity index (χ3n) is 4.68. The standard InChI is InChI=1S/C21H22N4O4S/c1-30-11-10-15(19(26)25-21-23-13-6-2-3-7-14(13)24-21)22-20(27)18-12-28-16-8-4-5-9-17(16)29-18/h2-9,15,18H,10-12H2,1H3,(H,22,27)(H2,23,24,25,26)/t15-,18?/m1/s1. The Labute approximate surface area is 177 Å². The summed E-state index contributed by atoms with van der Waals surface area (Å²) in [6, 6.07) is 13.9. The summed E-state index contributed by atoms with van der Waals surface area (Å²) in [5.41, 5.74) is 1.58. The second kappa shape index (κ2) is 9.08. The van der Waals surface area contributed by atoms with Crippen LogP contribution in [0.5, 0.6) is 11.5 Å². The van der Waals surface area contributed by atoms with E-state index in [-0.39, 0.29) is 12.5 Å². The van der Waals surface area contributed by atoms with Crippen molar-refractivity contribution in [1.29, 1.82) is 0 Å². The Morgan fingerprint density at radius 1 is 1.20 bits per heavy atom. The number of fused-ring (bicyclic) bond motifs is 2. The first-order valence-electron chi connectivity index (χ1n) is 9.57. The number of hydrogen-bond donors (Lipinski definition) is 3. The van der Waals surface area contributed by atoms with Crippen LogP contribution in [-0.2, 0) is 9.59 Å². The summed E-state index contributed by atoms with van der Waals surface area (Å²) in [7, 11) is 0. The highest BCUT2D eigenvalue weighted by Gasteiger charge is 2.30. The first-order valence-corrected chi connectivity index (χ1v) is 11.0. The van der Waals surface area contributed by atoms with E-state index in [0.717, 1.165) is 11.0 Å².